The van der Waals surface area contributed by atoms with Gasteiger partial charge in [0.15, 0.2) is 0 Å². The average Bonchev–Trinajstić information content (AvgIpc) is 3.04. The molecule has 4 rings (SSSR count). The third-order valence-corrected chi connectivity index (χ3v) is 7.37. The summed E-state index contributed by atoms with van der Waals surface area (Å²) >= 11 is 0. The zero-order valence-electron chi connectivity index (χ0n) is 16.7. The molecule has 1 saturated heterocycles. The number of para-hydroxylation sites is 2. The van der Waals surface area contributed by atoms with E-state index >= 15 is 0 Å². The maximum Gasteiger partial charge on any atom is 0.326 e. The van der Waals surface area contributed by atoms with Crippen molar-refractivity contribution in [1.82, 2.24) is 19.2 Å². The summed E-state index contributed by atoms with van der Waals surface area (Å²) in [5.41, 5.74) is 2.04. The van der Waals surface area contributed by atoms with Crippen molar-refractivity contribution < 1.29 is 13.2 Å². The van der Waals surface area contributed by atoms with Gasteiger partial charge in [-0.05, 0) is 44.0 Å². The first-order valence-corrected chi connectivity index (χ1v) is 11.3. The SMILES string of the molecule is Cc1ccc(S(=O)(=O)N2CCC(NC(=O)Cn3c(=O)[nH]c4ccccc43)CC2)cc1. The number of fused-ring (bicyclic) bond motifs is 1. The molecule has 158 valence electrons. The Morgan fingerprint density at radius 1 is 1.10 bits per heavy atom. The number of benzene rings is 2. The van der Waals surface area contributed by atoms with Crippen LogP contribution in [0.15, 0.2) is 58.2 Å². The van der Waals surface area contributed by atoms with Crippen LogP contribution in [0.5, 0.6) is 0 Å². The van der Waals surface area contributed by atoms with E-state index in [1.165, 1.54) is 8.87 Å². The van der Waals surface area contributed by atoms with Crippen molar-refractivity contribution in [1.29, 1.82) is 0 Å². The second-order valence-electron chi connectivity index (χ2n) is 7.59. The van der Waals surface area contributed by atoms with Gasteiger partial charge in [-0.25, -0.2) is 13.2 Å². The molecule has 0 aliphatic carbocycles. The number of amides is 1. The highest BCUT2D eigenvalue weighted by Crippen LogP contribution is 2.21. The van der Waals surface area contributed by atoms with Crippen LogP contribution in [0.4, 0.5) is 0 Å². The Kier molecular flexibility index (Phi) is 5.48. The van der Waals surface area contributed by atoms with Gasteiger partial charge in [0.25, 0.3) is 0 Å². The van der Waals surface area contributed by atoms with Gasteiger partial charge in [-0.3, -0.25) is 9.36 Å². The van der Waals surface area contributed by atoms with Crippen LogP contribution in [-0.4, -0.2) is 47.3 Å². The minimum absolute atomic E-state index is 0.0786. The number of hydrogen-bond acceptors (Lipinski definition) is 4. The van der Waals surface area contributed by atoms with Crippen molar-refractivity contribution in [3.05, 3.63) is 64.6 Å². The first-order chi connectivity index (χ1) is 14.3. The Morgan fingerprint density at radius 3 is 2.47 bits per heavy atom. The molecule has 1 aliphatic heterocycles. The Morgan fingerprint density at radius 2 is 1.77 bits per heavy atom. The van der Waals surface area contributed by atoms with Crippen molar-refractivity contribution in [2.45, 2.75) is 37.2 Å². The summed E-state index contributed by atoms with van der Waals surface area (Å²) in [7, 11) is -3.53. The van der Waals surface area contributed by atoms with Crippen molar-refractivity contribution in [2.24, 2.45) is 0 Å². The lowest BCUT2D eigenvalue weighted by molar-refractivity contribution is -0.122. The topological polar surface area (TPSA) is 104 Å². The van der Waals surface area contributed by atoms with Crippen LogP contribution >= 0.6 is 0 Å². The highest BCUT2D eigenvalue weighted by molar-refractivity contribution is 7.89. The van der Waals surface area contributed by atoms with E-state index in [1.54, 1.807) is 36.4 Å². The first-order valence-electron chi connectivity index (χ1n) is 9.88. The molecule has 30 heavy (non-hydrogen) atoms. The normalized spacial score (nSPS) is 16.0. The number of rotatable bonds is 5. The molecule has 3 aromatic rings. The lowest BCUT2D eigenvalue weighted by Crippen LogP contribution is -2.47. The molecule has 0 saturated carbocycles. The third kappa shape index (κ3) is 4.03. The van der Waals surface area contributed by atoms with Gasteiger partial charge in [-0.2, -0.15) is 4.31 Å². The van der Waals surface area contributed by atoms with Gasteiger partial charge < -0.3 is 10.3 Å². The fourth-order valence-corrected chi connectivity index (χ4v) is 5.25. The Bertz CT molecular complexity index is 1220. The van der Waals surface area contributed by atoms with E-state index in [2.05, 4.69) is 10.3 Å². The molecule has 0 unspecified atom stereocenters. The number of aromatic amines is 1. The van der Waals surface area contributed by atoms with Crippen LogP contribution in [0, 0.1) is 6.92 Å². The Labute approximate surface area is 174 Å². The molecule has 0 radical (unpaired) electrons. The minimum atomic E-state index is -3.53. The summed E-state index contributed by atoms with van der Waals surface area (Å²) < 4.78 is 28.5. The molecular formula is C21H24N4O4S. The molecule has 2 heterocycles. The predicted octanol–water partition coefficient (Wildman–Crippen LogP) is 1.61. The van der Waals surface area contributed by atoms with E-state index in [9.17, 15) is 18.0 Å². The number of imidazole rings is 1. The summed E-state index contributed by atoms with van der Waals surface area (Å²) in [6.07, 6.45) is 1.05. The van der Waals surface area contributed by atoms with Crippen LogP contribution in [-0.2, 0) is 21.4 Å². The van der Waals surface area contributed by atoms with Gasteiger partial charge in [0.1, 0.15) is 6.54 Å². The third-order valence-electron chi connectivity index (χ3n) is 5.46. The standard InChI is InChI=1S/C21H24N4O4S/c1-15-6-8-17(9-7-15)30(28,29)24-12-10-16(11-13-24)22-20(26)14-25-19-5-3-2-4-18(19)23-21(25)27/h2-9,16H,10-14H2,1H3,(H,22,26)(H,23,27). The number of aryl methyl sites for hydroxylation is 1. The second-order valence-corrected chi connectivity index (χ2v) is 9.53. The smallest absolute Gasteiger partial charge is 0.326 e. The van der Waals surface area contributed by atoms with E-state index in [-0.39, 0.29) is 29.1 Å². The lowest BCUT2D eigenvalue weighted by atomic mass is 10.1. The number of sulfonamides is 1. The van der Waals surface area contributed by atoms with E-state index in [1.807, 2.05) is 19.1 Å². The van der Waals surface area contributed by atoms with Crippen molar-refractivity contribution >= 4 is 27.0 Å². The molecule has 0 atom stereocenters. The van der Waals surface area contributed by atoms with Gasteiger partial charge >= 0.3 is 5.69 Å². The summed E-state index contributed by atoms with van der Waals surface area (Å²) in [4.78, 5) is 27.6. The monoisotopic (exact) mass is 428 g/mol. The van der Waals surface area contributed by atoms with Gasteiger partial charge in [0.2, 0.25) is 15.9 Å². The number of carbonyl (C=O) groups is 1. The van der Waals surface area contributed by atoms with E-state index in [0.29, 0.717) is 37.0 Å². The van der Waals surface area contributed by atoms with Crippen molar-refractivity contribution in [2.75, 3.05) is 13.1 Å². The molecular weight excluding hydrogens is 404 g/mol. The molecule has 0 bridgehead atoms. The number of nitrogens with one attached hydrogen (secondary N) is 2. The molecule has 0 spiro atoms. The summed E-state index contributed by atoms with van der Waals surface area (Å²) in [6.45, 7) is 2.52. The molecule has 1 aromatic heterocycles. The molecule has 9 heteroatoms. The first kappa shape index (κ1) is 20.4. The van der Waals surface area contributed by atoms with Crippen LogP contribution in [0.2, 0.25) is 0 Å². The fraction of sp³-hybridized carbons (Fsp3) is 0.333. The molecule has 8 nitrogen and oxygen atoms in total. The highest BCUT2D eigenvalue weighted by atomic mass is 32.2. The van der Waals surface area contributed by atoms with Crippen LogP contribution in [0.1, 0.15) is 18.4 Å². The number of piperidine rings is 1. The average molecular weight is 429 g/mol. The molecule has 1 aliphatic rings. The van der Waals surface area contributed by atoms with Crippen LogP contribution in [0.3, 0.4) is 0 Å². The Balaban J connectivity index is 1.36. The zero-order valence-corrected chi connectivity index (χ0v) is 17.5. The van der Waals surface area contributed by atoms with Gasteiger partial charge in [-0.15, -0.1) is 0 Å². The summed E-state index contributed by atoms with van der Waals surface area (Å²) in [5, 5.41) is 2.93. The summed E-state index contributed by atoms with van der Waals surface area (Å²) in [6, 6.07) is 13.9. The van der Waals surface area contributed by atoms with Gasteiger partial charge in [0.05, 0.1) is 15.9 Å². The van der Waals surface area contributed by atoms with Crippen molar-refractivity contribution in [3.8, 4) is 0 Å². The number of H-pyrrole nitrogens is 1. The number of hydrogen-bond donors (Lipinski definition) is 2. The number of nitrogens with zero attached hydrogens (tertiary/aromatic N) is 2. The zero-order chi connectivity index (χ0) is 21.3. The molecule has 1 fully saturated rings. The fourth-order valence-electron chi connectivity index (χ4n) is 3.78. The highest BCUT2D eigenvalue weighted by Gasteiger charge is 2.30. The molecule has 1 amide bonds. The molecule has 2 N–H and O–H groups in total. The predicted molar refractivity (Wildman–Crippen MR) is 114 cm³/mol. The van der Waals surface area contributed by atoms with E-state index in [0.717, 1.165) is 5.56 Å². The maximum atomic E-state index is 12.8. The van der Waals surface area contributed by atoms with Crippen molar-refractivity contribution in [3.63, 3.8) is 0 Å². The van der Waals surface area contributed by atoms with Crippen LogP contribution < -0.4 is 11.0 Å². The largest absolute Gasteiger partial charge is 0.352 e. The quantitative estimate of drug-likeness (QED) is 0.644. The van der Waals surface area contributed by atoms with E-state index < -0.39 is 10.0 Å². The molecule has 2 aromatic carbocycles. The maximum absolute atomic E-state index is 12.8. The Hall–Kier alpha value is -2.91. The van der Waals surface area contributed by atoms with Gasteiger partial charge in [-0.1, -0.05) is 29.8 Å². The second kappa shape index (κ2) is 8.08. The number of aromatic nitrogens is 2. The lowest BCUT2D eigenvalue weighted by Gasteiger charge is -2.31. The summed E-state index contributed by atoms with van der Waals surface area (Å²) in [5.74, 6) is -0.262. The number of carbonyl (C=O) groups excluding carboxylic acids is 1. The minimum Gasteiger partial charge on any atom is -0.352 e. The van der Waals surface area contributed by atoms with E-state index in [4.69, 9.17) is 0 Å². The van der Waals surface area contributed by atoms with Crippen LogP contribution in [0.25, 0.3) is 11.0 Å². The van der Waals surface area contributed by atoms with Gasteiger partial charge in [0, 0.05) is 19.1 Å².